The summed E-state index contributed by atoms with van der Waals surface area (Å²) >= 11 is 3.66. The lowest BCUT2D eigenvalue weighted by molar-refractivity contribution is 0.350. The second-order valence-electron chi connectivity index (χ2n) is 5.09. The monoisotopic (exact) mass is 295 g/mol. The van der Waals surface area contributed by atoms with E-state index in [0.29, 0.717) is 6.04 Å². The van der Waals surface area contributed by atoms with Gasteiger partial charge in [0.25, 0.3) is 0 Å². The normalized spacial score (nSPS) is 25.5. The van der Waals surface area contributed by atoms with Crippen LogP contribution in [0.1, 0.15) is 37.7 Å². The predicted octanol–water partition coefficient (Wildman–Crippen LogP) is 4.16. The Bertz CT molecular complexity index is 351. The first-order valence-electron chi connectivity index (χ1n) is 6.72. The van der Waals surface area contributed by atoms with Crippen LogP contribution in [0, 0.1) is 5.92 Å². The zero-order valence-electron chi connectivity index (χ0n) is 10.6. The molecule has 0 radical (unpaired) electrons. The highest BCUT2D eigenvalue weighted by Crippen LogP contribution is 2.28. The smallest absolute Gasteiger partial charge is 0.0207 e. The molecule has 0 aliphatic heterocycles. The van der Waals surface area contributed by atoms with Gasteiger partial charge >= 0.3 is 0 Å². The molecular formula is C15H22BrN. The first kappa shape index (κ1) is 13.1. The fourth-order valence-corrected chi connectivity index (χ4v) is 3.40. The van der Waals surface area contributed by atoms with Crippen LogP contribution in [0.15, 0.2) is 28.7 Å². The van der Waals surface area contributed by atoms with Crippen molar-refractivity contribution in [3.63, 3.8) is 0 Å². The van der Waals surface area contributed by atoms with Gasteiger partial charge in [-0.15, -0.1) is 0 Å². The Kier molecular flexibility index (Phi) is 5.05. The summed E-state index contributed by atoms with van der Waals surface area (Å²) in [4.78, 5) is 0. The quantitative estimate of drug-likeness (QED) is 0.826. The van der Waals surface area contributed by atoms with Gasteiger partial charge in [0.05, 0.1) is 0 Å². The van der Waals surface area contributed by atoms with E-state index in [9.17, 15) is 0 Å². The molecule has 2 atom stereocenters. The van der Waals surface area contributed by atoms with E-state index in [0.717, 1.165) is 5.92 Å². The van der Waals surface area contributed by atoms with Gasteiger partial charge in [-0.2, -0.15) is 0 Å². The molecule has 0 heterocycles. The summed E-state index contributed by atoms with van der Waals surface area (Å²) in [6, 6.07) is 9.34. The van der Waals surface area contributed by atoms with E-state index in [-0.39, 0.29) is 0 Å². The Morgan fingerprint density at radius 2 is 1.94 bits per heavy atom. The Labute approximate surface area is 113 Å². The number of benzene rings is 1. The van der Waals surface area contributed by atoms with Crippen LogP contribution in [0.25, 0.3) is 0 Å². The third-order valence-electron chi connectivity index (χ3n) is 3.97. The zero-order valence-corrected chi connectivity index (χ0v) is 12.2. The van der Waals surface area contributed by atoms with Crippen molar-refractivity contribution in [2.24, 2.45) is 5.92 Å². The summed E-state index contributed by atoms with van der Waals surface area (Å²) in [5.74, 6) is 0.793. The fraction of sp³-hybridized carbons (Fsp3) is 0.600. The Balaban J connectivity index is 2.07. The van der Waals surface area contributed by atoms with Crippen molar-refractivity contribution in [3.05, 3.63) is 34.3 Å². The maximum absolute atomic E-state index is 3.66. The molecule has 0 aromatic heterocycles. The van der Waals surface area contributed by atoms with Gasteiger partial charge < -0.3 is 5.32 Å². The molecule has 1 aliphatic rings. The Morgan fingerprint density at radius 1 is 1.18 bits per heavy atom. The minimum absolute atomic E-state index is 0.699. The molecule has 17 heavy (non-hydrogen) atoms. The van der Waals surface area contributed by atoms with Crippen molar-refractivity contribution in [1.29, 1.82) is 0 Å². The molecular weight excluding hydrogens is 274 g/mol. The number of rotatable bonds is 3. The van der Waals surface area contributed by atoms with Gasteiger partial charge in [-0.3, -0.25) is 0 Å². The predicted molar refractivity (Wildman–Crippen MR) is 77.3 cm³/mol. The van der Waals surface area contributed by atoms with Crippen LogP contribution in [-0.4, -0.2) is 13.1 Å². The van der Waals surface area contributed by atoms with Gasteiger partial charge in [-0.05, 0) is 43.9 Å². The van der Waals surface area contributed by atoms with E-state index in [4.69, 9.17) is 0 Å². The Morgan fingerprint density at radius 3 is 2.71 bits per heavy atom. The van der Waals surface area contributed by atoms with Crippen molar-refractivity contribution in [1.82, 2.24) is 5.32 Å². The zero-order chi connectivity index (χ0) is 12.1. The molecule has 1 aromatic rings. The molecule has 1 fully saturated rings. The second-order valence-corrected chi connectivity index (χ2v) is 5.94. The van der Waals surface area contributed by atoms with Crippen molar-refractivity contribution in [2.75, 3.05) is 7.05 Å². The molecule has 2 unspecified atom stereocenters. The van der Waals surface area contributed by atoms with Crippen molar-refractivity contribution < 1.29 is 0 Å². The van der Waals surface area contributed by atoms with E-state index in [1.165, 1.54) is 48.6 Å². The molecule has 0 saturated heterocycles. The third kappa shape index (κ3) is 3.56. The molecule has 1 N–H and O–H groups in total. The van der Waals surface area contributed by atoms with E-state index in [2.05, 4.69) is 52.6 Å². The van der Waals surface area contributed by atoms with Gasteiger partial charge in [0.2, 0.25) is 0 Å². The van der Waals surface area contributed by atoms with Crippen molar-refractivity contribution >= 4 is 15.9 Å². The molecule has 1 nitrogen and oxygen atoms in total. The maximum Gasteiger partial charge on any atom is 0.0207 e. The molecule has 1 aromatic carbocycles. The highest BCUT2D eigenvalue weighted by atomic mass is 79.9. The maximum atomic E-state index is 3.66. The largest absolute Gasteiger partial charge is 0.317 e. The van der Waals surface area contributed by atoms with Crippen molar-refractivity contribution in [3.8, 4) is 0 Å². The van der Waals surface area contributed by atoms with Crippen LogP contribution in [0.3, 0.4) is 0 Å². The van der Waals surface area contributed by atoms with Crippen LogP contribution >= 0.6 is 15.9 Å². The number of halogens is 1. The van der Waals surface area contributed by atoms with E-state index < -0.39 is 0 Å². The average molecular weight is 296 g/mol. The SMILES string of the molecule is CNC1CCCCCC1Cc1ccccc1Br. The van der Waals surface area contributed by atoms with Crippen LogP contribution in [0.5, 0.6) is 0 Å². The van der Waals surface area contributed by atoms with E-state index in [1.54, 1.807) is 0 Å². The van der Waals surface area contributed by atoms with Crippen LogP contribution in [-0.2, 0) is 6.42 Å². The summed E-state index contributed by atoms with van der Waals surface area (Å²) in [5, 5.41) is 3.52. The number of nitrogens with one attached hydrogen (secondary N) is 1. The first-order chi connectivity index (χ1) is 8.31. The molecule has 2 rings (SSSR count). The summed E-state index contributed by atoms with van der Waals surface area (Å²) in [6.07, 6.45) is 8.10. The average Bonchev–Trinajstić information content (AvgIpc) is 2.57. The second kappa shape index (κ2) is 6.55. The molecule has 2 heteroatoms. The fourth-order valence-electron chi connectivity index (χ4n) is 2.96. The van der Waals surface area contributed by atoms with E-state index in [1.807, 2.05) is 0 Å². The van der Waals surface area contributed by atoms with Crippen LogP contribution in [0.4, 0.5) is 0 Å². The molecule has 0 bridgehead atoms. The van der Waals surface area contributed by atoms with Gasteiger partial charge in [0, 0.05) is 10.5 Å². The highest BCUT2D eigenvalue weighted by Gasteiger charge is 2.22. The lowest BCUT2D eigenvalue weighted by Gasteiger charge is -2.25. The highest BCUT2D eigenvalue weighted by molar-refractivity contribution is 9.10. The number of hydrogen-bond donors (Lipinski definition) is 1. The lowest BCUT2D eigenvalue weighted by Crippen LogP contribution is -2.33. The minimum Gasteiger partial charge on any atom is -0.317 e. The molecule has 94 valence electrons. The van der Waals surface area contributed by atoms with Crippen LogP contribution < -0.4 is 5.32 Å². The van der Waals surface area contributed by atoms with Gasteiger partial charge in [0.1, 0.15) is 0 Å². The molecule has 1 saturated carbocycles. The minimum atomic E-state index is 0.699. The van der Waals surface area contributed by atoms with Crippen molar-refractivity contribution in [2.45, 2.75) is 44.6 Å². The number of hydrogen-bond acceptors (Lipinski definition) is 1. The lowest BCUT2D eigenvalue weighted by atomic mass is 9.88. The van der Waals surface area contributed by atoms with Gasteiger partial charge in [-0.25, -0.2) is 0 Å². The Hall–Kier alpha value is -0.340. The molecule has 0 spiro atoms. The summed E-state index contributed by atoms with van der Waals surface area (Å²) in [7, 11) is 2.11. The molecule has 1 aliphatic carbocycles. The summed E-state index contributed by atoms with van der Waals surface area (Å²) in [5.41, 5.74) is 1.46. The summed E-state index contributed by atoms with van der Waals surface area (Å²) < 4.78 is 1.26. The van der Waals surface area contributed by atoms with Crippen LogP contribution in [0.2, 0.25) is 0 Å². The van der Waals surface area contributed by atoms with Gasteiger partial charge in [0.15, 0.2) is 0 Å². The molecule has 0 amide bonds. The first-order valence-corrected chi connectivity index (χ1v) is 7.51. The topological polar surface area (TPSA) is 12.0 Å². The van der Waals surface area contributed by atoms with E-state index >= 15 is 0 Å². The van der Waals surface area contributed by atoms with Gasteiger partial charge in [-0.1, -0.05) is 53.4 Å². The third-order valence-corrected chi connectivity index (χ3v) is 4.74. The summed E-state index contributed by atoms with van der Waals surface area (Å²) in [6.45, 7) is 0. The standard InChI is InChI=1S/C15H22BrN/c1-17-15-10-4-2-3-8-13(15)11-12-7-5-6-9-14(12)16/h5-7,9,13,15,17H,2-4,8,10-11H2,1H3.